The first-order valence-electron chi connectivity index (χ1n) is 14.5. The monoisotopic (exact) mass is 587 g/mol. The Bertz CT molecular complexity index is 1290. The van der Waals surface area contributed by atoms with Crippen molar-refractivity contribution in [3.63, 3.8) is 0 Å². The summed E-state index contributed by atoms with van der Waals surface area (Å²) in [5.74, 6) is -1.17. The molecule has 0 bridgehead atoms. The molecule has 42 heavy (non-hydrogen) atoms. The number of alkyl halides is 3. The third-order valence-electron chi connectivity index (χ3n) is 8.63. The molecule has 5 rings (SSSR count). The predicted molar refractivity (Wildman–Crippen MR) is 147 cm³/mol. The van der Waals surface area contributed by atoms with Crippen molar-refractivity contribution in [2.24, 2.45) is 0 Å². The molecule has 3 amide bonds. The first-order valence-corrected chi connectivity index (χ1v) is 14.5. The number of hydrogen-bond acceptors (Lipinski definition) is 6. The summed E-state index contributed by atoms with van der Waals surface area (Å²) in [7, 11) is 0. The van der Waals surface area contributed by atoms with E-state index in [1.54, 1.807) is 18.3 Å². The number of nitrogens with zero attached hydrogens (tertiary/aromatic N) is 3. The molecule has 226 valence electrons. The second kappa shape index (κ2) is 12.4. The third kappa shape index (κ3) is 6.92. The van der Waals surface area contributed by atoms with Crippen molar-refractivity contribution < 1.29 is 32.7 Å². The van der Waals surface area contributed by atoms with Gasteiger partial charge in [-0.1, -0.05) is 6.07 Å². The van der Waals surface area contributed by atoms with E-state index in [1.165, 1.54) is 6.07 Å². The zero-order chi connectivity index (χ0) is 29.9. The minimum atomic E-state index is -4.56. The van der Waals surface area contributed by atoms with E-state index in [2.05, 4.69) is 20.5 Å². The van der Waals surface area contributed by atoms with Crippen LogP contribution in [0.5, 0.6) is 0 Å². The molecule has 2 aliphatic heterocycles. The molecule has 3 N–H and O–H groups in total. The lowest BCUT2D eigenvalue weighted by atomic mass is 9.79. The van der Waals surface area contributed by atoms with E-state index < -0.39 is 29.2 Å². The molecule has 1 saturated carbocycles. The molecular formula is C30H36F3N5O4. The molecular weight excluding hydrogens is 551 g/mol. The second-order valence-corrected chi connectivity index (χ2v) is 11.5. The van der Waals surface area contributed by atoms with Gasteiger partial charge in [-0.3, -0.25) is 24.3 Å². The number of amides is 3. The molecule has 0 spiro atoms. The third-order valence-corrected chi connectivity index (χ3v) is 8.63. The SMILES string of the molecule is O=C(CNC(=O)c1cccc(C(F)(F)F)c1)N[C@@H]1CCN(C2CCC(O)(c3ccc(C(=O)N4CCCC4)cn3)CC2)C1. The Morgan fingerprint density at radius 1 is 1.00 bits per heavy atom. The van der Waals surface area contributed by atoms with Crippen LogP contribution < -0.4 is 10.6 Å². The van der Waals surface area contributed by atoms with Crippen LogP contribution in [0.2, 0.25) is 0 Å². The number of benzene rings is 1. The molecule has 3 heterocycles. The summed E-state index contributed by atoms with van der Waals surface area (Å²) in [6, 6.07) is 7.73. The van der Waals surface area contributed by atoms with E-state index in [0.717, 1.165) is 69.9 Å². The number of carbonyl (C=O) groups is 3. The Balaban J connectivity index is 1.06. The first-order chi connectivity index (χ1) is 20.0. The minimum Gasteiger partial charge on any atom is -0.384 e. The van der Waals surface area contributed by atoms with E-state index in [1.807, 2.05) is 4.90 Å². The van der Waals surface area contributed by atoms with Crippen LogP contribution in [0.1, 0.15) is 76.9 Å². The van der Waals surface area contributed by atoms with E-state index in [-0.39, 0.29) is 30.1 Å². The largest absolute Gasteiger partial charge is 0.416 e. The number of halogens is 3. The summed E-state index contributed by atoms with van der Waals surface area (Å²) in [5, 5.41) is 16.6. The molecule has 2 aromatic rings. The fourth-order valence-electron chi connectivity index (χ4n) is 6.21. The molecule has 1 atom stereocenters. The van der Waals surface area contributed by atoms with Gasteiger partial charge in [-0.05, 0) is 75.3 Å². The van der Waals surface area contributed by atoms with Crippen molar-refractivity contribution in [1.82, 2.24) is 25.4 Å². The maximum atomic E-state index is 12.9. The zero-order valence-electron chi connectivity index (χ0n) is 23.3. The fourth-order valence-corrected chi connectivity index (χ4v) is 6.21. The number of nitrogens with one attached hydrogen (secondary N) is 2. The van der Waals surface area contributed by atoms with Crippen LogP contribution in [0.4, 0.5) is 13.2 Å². The number of pyridine rings is 1. The topological polar surface area (TPSA) is 115 Å². The van der Waals surface area contributed by atoms with Gasteiger partial charge in [0.2, 0.25) is 5.91 Å². The lowest BCUT2D eigenvalue weighted by Crippen LogP contribution is -2.45. The van der Waals surface area contributed by atoms with Gasteiger partial charge in [0.15, 0.2) is 0 Å². The summed E-state index contributed by atoms with van der Waals surface area (Å²) < 4.78 is 38.7. The number of aliphatic hydroxyl groups is 1. The van der Waals surface area contributed by atoms with Crippen molar-refractivity contribution >= 4 is 17.7 Å². The lowest BCUT2D eigenvalue weighted by molar-refractivity contribution is -0.137. The lowest BCUT2D eigenvalue weighted by Gasteiger charge is -2.39. The zero-order valence-corrected chi connectivity index (χ0v) is 23.3. The van der Waals surface area contributed by atoms with E-state index in [9.17, 15) is 32.7 Å². The van der Waals surface area contributed by atoms with Crippen LogP contribution in [-0.4, -0.2) is 82.4 Å². The number of hydrogen-bond donors (Lipinski definition) is 3. The molecule has 2 saturated heterocycles. The summed E-state index contributed by atoms with van der Waals surface area (Å²) >= 11 is 0. The second-order valence-electron chi connectivity index (χ2n) is 11.5. The van der Waals surface area contributed by atoms with Crippen molar-refractivity contribution in [2.45, 2.75) is 68.8 Å². The maximum absolute atomic E-state index is 12.9. The molecule has 9 nitrogen and oxygen atoms in total. The Labute approximate surface area is 242 Å². The maximum Gasteiger partial charge on any atom is 0.416 e. The summed E-state index contributed by atoms with van der Waals surface area (Å²) in [6.45, 7) is 2.63. The highest BCUT2D eigenvalue weighted by Gasteiger charge is 2.39. The Morgan fingerprint density at radius 2 is 1.74 bits per heavy atom. The Hall–Kier alpha value is -3.51. The van der Waals surface area contributed by atoms with Crippen molar-refractivity contribution in [3.8, 4) is 0 Å². The highest BCUT2D eigenvalue weighted by atomic mass is 19.4. The fraction of sp³-hybridized carbons (Fsp3) is 0.533. The van der Waals surface area contributed by atoms with Crippen molar-refractivity contribution in [1.29, 1.82) is 0 Å². The molecule has 0 radical (unpaired) electrons. The van der Waals surface area contributed by atoms with Crippen LogP contribution >= 0.6 is 0 Å². The van der Waals surface area contributed by atoms with Gasteiger partial charge in [0, 0.05) is 50.0 Å². The van der Waals surface area contributed by atoms with E-state index in [0.29, 0.717) is 30.6 Å². The van der Waals surface area contributed by atoms with Crippen LogP contribution in [-0.2, 0) is 16.6 Å². The van der Waals surface area contributed by atoms with Crippen LogP contribution in [0.25, 0.3) is 0 Å². The quantitative estimate of drug-likeness (QED) is 0.459. The normalized spacial score (nSPS) is 24.9. The molecule has 3 fully saturated rings. The van der Waals surface area contributed by atoms with Crippen LogP contribution in [0, 0.1) is 0 Å². The average Bonchev–Trinajstić information content (AvgIpc) is 3.69. The first kappa shape index (κ1) is 30.0. The standard InChI is InChI=1S/C30H36F3N5O4/c31-30(32,33)22-5-3-4-20(16-22)27(40)35-18-26(39)36-23-10-15-38(19-23)24-8-11-29(42,12-9-24)25-7-6-21(17-34-25)28(41)37-13-1-2-14-37/h3-7,16-17,23-24,42H,1-2,8-15,18-19H2,(H,35,40)(H,36,39)/t23-,24?,29?/m1/s1. The summed E-state index contributed by atoms with van der Waals surface area (Å²) in [4.78, 5) is 45.9. The molecule has 1 aromatic heterocycles. The molecule has 0 unspecified atom stereocenters. The number of rotatable bonds is 7. The van der Waals surface area contributed by atoms with E-state index >= 15 is 0 Å². The van der Waals surface area contributed by atoms with Gasteiger partial charge >= 0.3 is 6.18 Å². The van der Waals surface area contributed by atoms with Gasteiger partial charge in [-0.25, -0.2) is 0 Å². The van der Waals surface area contributed by atoms with Gasteiger partial charge < -0.3 is 20.6 Å². The highest BCUT2D eigenvalue weighted by molar-refractivity contribution is 5.96. The molecule has 3 aliphatic rings. The molecule has 12 heteroatoms. The molecule has 1 aromatic carbocycles. The van der Waals surface area contributed by atoms with Crippen LogP contribution in [0.3, 0.4) is 0 Å². The smallest absolute Gasteiger partial charge is 0.384 e. The predicted octanol–water partition coefficient (Wildman–Crippen LogP) is 3.09. The van der Waals surface area contributed by atoms with Gasteiger partial charge in [0.25, 0.3) is 11.8 Å². The van der Waals surface area contributed by atoms with Gasteiger partial charge in [0.05, 0.1) is 23.4 Å². The van der Waals surface area contributed by atoms with Crippen molar-refractivity contribution in [2.75, 3.05) is 32.7 Å². The summed E-state index contributed by atoms with van der Waals surface area (Å²) in [6.07, 6.45) is 2.40. The van der Waals surface area contributed by atoms with Gasteiger partial charge in [-0.2, -0.15) is 13.2 Å². The Morgan fingerprint density at radius 3 is 2.40 bits per heavy atom. The van der Waals surface area contributed by atoms with Gasteiger partial charge in [-0.15, -0.1) is 0 Å². The average molecular weight is 588 g/mol. The number of aromatic nitrogens is 1. The molecule has 1 aliphatic carbocycles. The highest BCUT2D eigenvalue weighted by Crippen LogP contribution is 2.38. The number of carbonyl (C=O) groups excluding carboxylic acids is 3. The summed E-state index contributed by atoms with van der Waals surface area (Å²) in [5.41, 5.74) is -1.01. The van der Waals surface area contributed by atoms with Crippen LogP contribution in [0.15, 0.2) is 42.6 Å². The number of likely N-dealkylation sites (tertiary alicyclic amines) is 2. The van der Waals surface area contributed by atoms with E-state index in [4.69, 9.17) is 0 Å². The Kier molecular flexibility index (Phi) is 8.84. The van der Waals surface area contributed by atoms with Gasteiger partial charge in [0.1, 0.15) is 5.60 Å². The minimum absolute atomic E-state index is 0.0176. The van der Waals surface area contributed by atoms with Crippen molar-refractivity contribution in [3.05, 3.63) is 65.0 Å².